The number of aryl methyl sites for hydroxylation is 1. The van der Waals surface area contributed by atoms with E-state index < -0.39 is 14.8 Å². The van der Waals surface area contributed by atoms with Crippen molar-refractivity contribution < 1.29 is 8.42 Å². The topological polar surface area (TPSA) is 85.1 Å². The van der Waals surface area contributed by atoms with Gasteiger partial charge in [-0.3, -0.25) is 4.72 Å². The van der Waals surface area contributed by atoms with E-state index in [1.807, 2.05) is 0 Å². The Balaban J connectivity index is 3.07. The zero-order valence-electron chi connectivity index (χ0n) is 9.90. The van der Waals surface area contributed by atoms with Crippen LogP contribution in [0.3, 0.4) is 0 Å². The van der Waals surface area contributed by atoms with Gasteiger partial charge in [0.1, 0.15) is 5.82 Å². The summed E-state index contributed by atoms with van der Waals surface area (Å²) in [6.07, 6.45) is 1.42. The highest BCUT2D eigenvalue weighted by Gasteiger charge is 2.29. The van der Waals surface area contributed by atoms with Crippen molar-refractivity contribution >= 4 is 21.5 Å². The quantitative estimate of drug-likeness (QED) is 0.824. The van der Waals surface area contributed by atoms with Crippen molar-refractivity contribution in [1.82, 2.24) is 4.98 Å². The Labute approximate surface area is 96.1 Å². The summed E-state index contributed by atoms with van der Waals surface area (Å²) in [5, 5.41) is 0. The number of nitrogens with two attached hydrogens (primary N) is 1. The van der Waals surface area contributed by atoms with Gasteiger partial charge in [-0.2, -0.15) is 0 Å². The van der Waals surface area contributed by atoms with Crippen molar-refractivity contribution in [1.29, 1.82) is 0 Å². The molecule has 1 heterocycles. The number of nitrogens with one attached hydrogen (secondary N) is 1. The fraction of sp³-hybridized carbons (Fsp3) is 0.500. The van der Waals surface area contributed by atoms with Crippen molar-refractivity contribution in [2.45, 2.75) is 32.4 Å². The third-order valence-corrected chi connectivity index (χ3v) is 4.21. The van der Waals surface area contributed by atoms with Crippen LogP contribution in [0.25, 0.3) is 0 Å². The summed E-state index contributed by atoms with van der Waals surface area (Å²) in [6.45, 7) is 6.63. The highest BCUT2D eigenvalue weighted by molar-refractivity contribution is 7.94. The van der Waals surface area contributed by atoms with Crippen LogP contribution < -0.4 is 10.5 Å². The Morgan fingerprint density at radius 3 is 2.38 bits per heavy atom. The highest BCUT2D eigenvalue weighted by atomic mass is 32.2. The average molecular weight is 243 g/mol. The van der Waals surface area contributed by atoms with Crippen LogP contribution in [0.1, 0.15) is 26.3 Å². The molecule has 16 heavy (non-hydrogen) atoms. The van der Waals surface area contributed by atoms with E-state index in [4.69, 9.17) is 5.73 Å². The van der Waals surface area contributed by atoms with Crippen LogP contribution in [0, 0.1) is 6.92 Å². The predicted molar refractivity (Wildman–Crippen MR) is 65.7 cm³/mol. The summed E-state index contributed by atoms with van der Waals surface area (Å²) in [7, 11) is -3.44. The van der Waals surface area contributed by atoms with Gasteiger partial charge in [-0.05, 0) is 39.3 Å². The Hall–Kier alpha value is -1.30. The van der Waals surface area contributed by atoms with Gasteiger partial charge in [-0.25, -0.2) is 13.4 Å². The molecular formula is C10H17N3O2S. The predicted octanol–water partition coefficient (Wildman–Crippen LogP) is 1.51. The van der Waals surface area contributed by atoms with Crippen molar-refractivity contribution in [2.24, 2.45) is 0 Å². The van der Waals surface area contributed by atoms with Crippen LogP contribution in [0.4, 0.5) is 11.5 Å². The van der Waals surface area contributed by atoms with Gasteiger partial charge in [0.25, 0.3) is 0 Å². The molecule has 1 rings (SSSR count). The smallest absolute Gasteiger partial charge is 0.238 e. The van der Waals surface area contributed by atoms with E-state index >= 15 is 0 Å². The Morgan fingerprint density at radius 2 is 1.94 bits per heavy atom. The Kier molecular flexibility index (Phi) is 3.14. The summed E-state index contributed by atoms with van der Waals surface area (Å²) < 4.78 is 25.3. The second-order valence-electron chi connectivity index (χ2n) is 4.65. The van der Waals surface area contributed by atoms with Crippen LogP contribution in [0.15, 0.2) is 12.3 Å². The maximum Gasteiger partial charge on any atom is 0.238 e. The van der Waals surface area contributed by atoms with Crippen LogP contribution in [-0.4, -0.2) is 18.1 Å². The Morgan fingerprint density at radius 1 is 1.38 bits per heavy atom. The minimum Gasteiger partial charge on any atom is -0.397 e. The molecule has 0 aliphatic carbocycles. The van der Waals surface area contributed by atoms with E-state index in [1.165, 1.54) is 6.20 Å². The standard InChI is InChI=1S/C10H17N3O2S/c1-7-5-8(11)6-12-9(7)13-16(14,15)10(2,3)4/h5-6H,11H2,1-4H3,(H,12,13). The maximum absolute atomic E-state index is 11.9. The van der Waals surface area contributed by atoms with Gasteiger partial charge in [0, 0.05) is 0 Å². The molecule has 0 saturated heterocycles. The average Bonchev–Trinajstić information content (AvgIpc) is 2.08. The second kappa shape index (κ2) is 3.93. The number of hydrogen-bond donors (Lipinski definition) is 2. The lowest BCUT2D eigenvalue weighted by atomic mass is 10.3. The highest BCUT2D eigenvalue weighted by Crippen LogP contribution is 2.21. The van der Waals surface area contributed by atoms with Crippen molar-refractivity contribution in [3.8, 4) is 0 Å². The molecule has 5 nitrogen and oxygen atoms in total. The van der Waals surface area contributed by atoms with Gasteiger partial charge in [-0.1, -0.05) is 0 Å². The van der Waals surface area contributed by atoms with Gasteiger partial charge < -0.3 is 5.73 Å². The first-order valence-corrected chi connectivity index (χ1v) is 6.36. The molecule has 0 saturated carbocycles. The zero-order valence-corrected chi connectivity index (χ0v) is 10.7. The first-order valence-electron chi connectivity index (χ1n) is 4.88. The van der Waals surface area contributed by atoms with Crippen LogP contribution in [0.2, 0.25) is 0 Å². The maximum atomic E-state index is 11.9. The van der Waals surface area contributed by atoms with E-state index in [1.54, 1.807) is 33.8 Å². The molecule has 0 unspecified atom stereocenters. The summed E-state index contributed by atoms with van der Waals surface area (Å²) in [5.41, 5.74) is 6.75. The van der Waals surface area contributed by atoms with Crippen molar-refractivity contribution in [2.75, 3.05) is 10.5 Å². The number of nitrogen functional groups attached to an aromatic ring is 1. The molecule has 0 atom stereocenters. The van der Waals surface area contributed by atoms with E-state index in [2.05, 4.69) is 9.71 Å². The number of nitrogens with zero attached hydrogens (tertiary/aromatic N) is 1. The van der Waals surface area contributed by atoms with Gasteiger partial charge in [-0.15, -0.1) is 0 Å². The lowest BCUT2D eigenvalue weighted by Gasteiger charge is -2.20. The second-order valence-corrected chi connectivity index (χ2v) is 7.09. The Bertz CT molecular complexity index is 489. The van der Waals surface area contributed by atoms with Crippen molar-refractivity contribution in [3.05, 3.63) is 17.8 Å². The fourth-order valence-electron chi connectivity index (χ4n) is 0.984. The molecule has 3 N–H and O–H groups in total. The lowest BCUT2D eigenvalue weighted by Crippen LogP contribution is -2.34. The van der Waals surface area contributed by atoms with E-state index in [0.29, 0.717) is 17.1 Å². The molecular weight excluding hydrogens is 226 g/mol. The van der Waals surface area contributed by atoms with Gasteiger partial charge in [0.15, 0.2) is 0 Å². The molecule has 1 aromatic heterocycles. The molecule has 0 spiro atoms. The molecule has 90 valence electrons. The summed E-state index contributed by atoms with van der Waals surface area (Å²) in [4.78, 5) is 3.96. The molecule has 0 amide bonds. The largest absolute Gasteiger partial charge is 0.397 e. The lowest BCUT2D eigenvalue weighted by molar-refractivity contribution is 0.565. The first kappa shape index (κ1) is 12.8. The normalized spacial score (nSPS) is 12.5. The van der Waals surface area contributed by atoms with Crippen LogP contribution >= 0.6 is 0 Å². The number of sulfonamides is 1. The molecule has 1 aromatic rings. The number of rotatable bonds is 2. The summed E-state index contributed by atoms with van der Waals surface area (Å²) >= 11 is 0. The fourth-order valence-corrected chi connectivity index (χ4v) is 1.76. The first-order chi connectivity index (χ1) is 7.13. The third-order valence-electron chi connectivity index (χ3n) is 2.14. The minimum atomic E-state index is -3.44. The third kappa shape index (κ3) is 2.63. The van der Waals surface area contributed by atoms with Gasteiger partial charge >= 0.3 is 0 Å². The monoisotopic (exact) mass is 243 g/mol. The van der Waals surface area contributed by atoms with E-state index in [0.717, 1.165) is 0 Å². The molecule has 0 fully saturated rings. The molecule has 6 heteroatoms. The molecule has 0 aliphatic rings. The van der Waals surface area contributed by atoms with Gasteiger partial charge in [0.2, 0.25) is 10.0 Å². The number of aromatic nitrogens is 1. The van der Waals surface area contributed by atoms with Crippen molar-refractivity contribution in [3.63, 3.8) is 0 Å². The van der Waals surface area contributed by atoms with Crippen LogP contribution in [0.5, 0.6) is 0 Å². The zero-order chi connectivity index (χ0) is 12.6. The SMILES string of the molecule is Cc1cc(N)cnc1NS(=O)(=O)C(C)(C)C. The summed E-state index contributed by atoms with van der Waals surface area (Å²) in [5.74, 6) is 0.323. The number of pyridine rings is 1. The number of anilines is 2. The molecule has 0 aliphatic heterocycles. The molecule has 0 bridgehead atoms. The summed E-state index contributed by atoms with van der Waals surface area (Å²) in [6, 6.07) is 1.67. The minimum absolute atomic E-state index is 0.323. The number of hydrogen-bond acceptors (Lipinski definition) is 4. The van der Waals surface area contributed by atoms with E-state index in [9.17, 15) is 8.42 Å². The van der Waals surface area contributed by atoms with Gasteiger partial charge in [0.05, 0.1) is 16.6 Å². The van der Waals surface area contributed by atoms with Crippen LogP contribution in [-0.2, 0) is 10.0 Å². The van der Waals surface area contributed by atoms with E-state index in [-0.39, 0.29) is 0 Å². The molecule has 0 radical (unpaired) electrons. The molecule has 0 aromatic carbocycles.